The third kappa shape index (κ3) is 3.16. The van der Waals surface area contributed by atoms with Crippen LogP contribution in [0, 0.1) is 6.92 Å². The van der Waals surface area contributed by atoms with Gasteiger partial charge in [-0.25, -0.2) is 4.98 Å². The molecule has 0 bridgehead atoms. The molecule has 0 aliphatic rings. The Labute approximate surface area is 135 Å². The van der Waals surface area contributed by atoms with Gasteiger partial charge in [0.25, 0.3) is 5.78 Å². The molecule has 24 heavy (non-hydrogen) atoms. The molecule has 0 amide bonds. The molecule has 0 aliphatic carbocycles. The van der Waals surface area contributed by atoms with Crippen molar-refractivity contribution in [1.29, 1.82) is 0 Å². The van der Waals surface area contributed by atoms with E-state index in [1.54, 1.807) is 13.0 Å². The lowest BCUT2D eigenvalue weighted by atomic mass is 10.1. The number of fused-ring (bicyclic) bond motifs is 1. The number of aryl methyl sites for hydroxylation is 1. The van der Waals surface area contributed by atoms with Gasteiger partial charge in [0.2, 0.25) is 0 Å². The Morgan fingerprint density at radius 3 is 2.58 bits per heavy atom. The number of aliphatic hydroxyl groups is 1. The summed E-state index contributed by atoms with van der Waals surface area (Å²) in [5.74, 6) is 0.926. The zero-order valence-electron chi connectivity index (χ0n) is 12.6. The van der Waals surface area contributed by atoms with Gasteiger partial charge in [0, 0.05) is 11.8 Å². The lowest BCUT2D eigenvalue weighted by molar-refractivity contribution is -0.137. The number of anilines is 1. The maximum absolute atomic E-state index is 12.6. The second-order valence-corrected chi connectivity index (χ2v) is 5.25. The molecule has 2 aromatic heterocycles. The highest BCUT2D eigenvalue weighted by atomic mass is 19.4. The van der Waals surface area contributed by atoms with Crippen LogP contribution in [0.2, 0.25) is 0 Å². The summed E-state index contributed by atoms with van der Waals surface area (Å²) in [5.41, 5.74) is 0.483. The molecule has 126 valence electrons. The van der Waals surface area contributed by atoms with E-state index < -0.39 is 17.8 Å². The fourth-order valence-electron chi connectivity index (χ4n) is 2.35. The summed E-state index contributed by atoms with van der Waals surface area (Å²) in [6.45, 7) is 1.48. The van der Waals surface area contributed by atoms with Gasteiger partial charge in [-0.1, -0.05) is 12.1 Å². The molecule has 2 N–H and O–H groups in total. The Bertz CT molecular complexity index is 844. The monoisotopic (exact) mass is 337 g/mol. The number of alkyl halides is 3. The number of hydrogen-bond donors (Lipinski definition) is 2. The number of hydrogen-bond acceptors (Lipinski definition) is 5. The number of nitrogens with one attached hydrogen (secondary N) is 1. The average Bonchev–Trinajstić information content (AvgIpc) is 3.00. The highest BCUT2D eigenvalue weighted by Crippen LogP contribution is 2.30. The summed E-state index contributed by atoms with van der Waals surface area (Å²) in [6, 6.07) is 5.77. The molecule has 1 atom stereocenters. The van der Waals surface area contributed by atoms with Crippen LogP contribution in [0.25, 0.3) is 5.78 Å². The normalized spacial score (nSPS) is 13.2. The van der Waals surface area contributed by atoms with Gasteiger partial charge in [0.1, 0.15) is 12.1 Å². The highest BCUT2D eigenvalue weighted by Gasteiger charge is 2.30. The van der Waals surface area contributed by atoms with Gasteiger partial charge in [0.15, 0.2) is 0 Å². The van der Waals surface area contributed by atoms with E-state index in [4.69, 9.17) is 0 Å². The number of aromatic nitrogens is 4. The van der Waals surface area contributed by atoms with Crippen molar-refractivity contribution in [2.75, 3.05) is 11.9 Å². The number of rotatable bonds is 4. The Balaban J connectivity index is 1.90. The minimum Gasteiger partial charge on any atom is -0.394 e. The van der Waals surface area contributed by atoms with Gasteiger partial charge in [0.05, 0.1) is 18.2 Å². The van der Waals surface area contributed by atoms with Gasteiger partial charge in [-0.3, -0.25) is 0 Å². The van der Waals surface area contributed by atoms with Gasteiger partial charge in [-0.15, -0.1) is 0 Å². The van der Waals surface area contributed by atoms with Crippen LogP contribution < -0.4 is 5.32 Å². The van der Waals surface area contributed by atoms with Crippen LogP contribution in [0.15, 0.2) is 36.7 Å². The fourth-order valence-corrected chi connectivity index (χ4v) is 2.35. The van der Waals surface area contributed by atoms with Gasteiger partial charge < -0.3 is 10.4 Å². The minimum atomic E-state index is -4.39. The third-order valence-electron chi connectivity index (χ3n) is 3.52. The number of nitrogens with zero attached hydrogens (tertiary/aromatic N) is 4. The number of benzene rings is 1. The molecule has 0 aliphatic heterocycles. The zero-order chi connectivity index (χ0) is 17.3. The molecule has 1 aromatic carbocycles. The number of aliphatic hydroxyl groups excluding tert-OH is 1. The number of halogens is 3. The maximum Gasteiger partial charge on any atom is 0.416 e. The molecule has 0 saturated heterocycles. The lowest BCUT2D eigenvalue weighted by Gasteiger charge is -2.19. The van der Waals surface area contributed by atoms with Crippen LogP contribution in [0.1, 0.15) is 22.9 Å². The molecule has 3 rings (SSSR count). The van der Waals surface area contributed by atoms with Crippen LogP contribution in [0.3, 0.4) is 0 Å². The summed E-state index contributed by atoms with van der Waals surface area (Å²) in [5, 5.41) is 16.7. The maximum atomic E-state index is 12.6. The van der Waals surface area contributed by atoms with E-state index in [0.29, 0.717) is 22.9 Å². The van der Waals surface area contributed by atoms with E-state index in [9.17, 15) is 18.3 Å². The predicted octanol–water partition coefficient (Wildman–Crippen LogP) is 2.60. The Morgan fingerprint density at radius 2 is 1.96 bits per heavy atom. The van der Waals surface area contributed by atoms with Crippen molar-refractivity contribution < 1.29 is 18.3 Å². The first-order valence-corrected chi connectivity index (χ1v) is 7.10. The van der Waals surface area contributed by atoms with Gasteiger partial charge in [-0.2, -0.15) is 27.8 Å². The molecule has 0 spiro atoms. The third-order valence-corrected chi connectivity index (χ3v) is 3.52. The highest BCUT2D eigenvalue weighted by molar-refractivity contribution is 5.46. The molecule has 9 heteroatoms. The summed E-state index contributed by atoms with van der Waals surface area (Å²) < 4.78 is 39.4. The molecule has 6 nitrogen and oxygen atoms in total. The van der Waals surface area contributed by atoms with E-state index in [2.05, 4.69) is 20.4 Å². The molecule has 0 fully saturated rings. The van der Waals surface area contributed by atoms with Crippen molar-refractivity contribution in [3.8, 4) is 0 Å². The van der Waals surface area contributed by atoms with E-state index in [1.165, 1.54) is 23.0 Å². The van der Waals surface area contributed by atoms with Crippen molar-refractivity contribution in [2.45, 2.75) is 19.1 Å². The van der Waals surface area contributed by atoms with Crippen LogP contribution >= 0.6 is 0 Å². The average molecular weight is 337 g/mol. The van der Waals surface area contributed by atoms with E-state index in [-0.39, 0.29) is 6.61 Å². The first kappa shape index (κ1) is 16.2. The van der Waals surface area contributed by atoms with Crippen molar-refractivity contribution in [1.82, 2.24) is 19.6 Å². The second-order valence-electron chi connectivity index (χ2n) is 5.25. The van der Waals surface area contributed by atoms with Crippen molar-refractivity contribution in [3.05, 3.63) is 53.5 Å². The fraction of sp³-hybridized carbons (Fsp3) is 0.267. The Kier molecular flexibility index (Phi) is 4.10. The minimum absolute atomic E-state index is 0.303. The van der Waals surface area contributed by atoms with Crippen molar-refractivity contribution >= 4 is 11.6 Å². The first-order chi connectivity index (χ1) is 11.4. The molecule has 0 radical (unpaired) electrons. The Hall–Kier alpha value is -2.68. The summed E-state index contributed by atoms with van der Waals surface area (Å²) in [4.78, 5) is 8.20. The standard InChI is InChI=1S/C15H14F3N5O/c1-9-6-13(23-14(21-9)19-8-20-23)22-12(7-24)10-2-4-11(5-3-10)15(16,17)18/h2-6,8,12,22,24H,7H2,1H3. The lowest BCUT2D eigenvalue weighted by Crippen LogP contribution is -2.18. The smallest absolute Gasteiger partial charge is 0.394 e. The second kappa shape index (κ2) is 6.08. The molecule has 1 unspecified atom stereocenters. The van der Waals surface area contributed by atoms with Crippen LogP contribution in [-0.4, -0.2) is 31.3 Å². The van der Waals surface area contributed by atoms with Gasteiger partial charge in [-0.05, 0) is 24.6 Å². The SMILES string of the molecule is Cc1cc(NC(CO)c2ccc(C(F)(F)F)cc2)n2ncnc2n1. The van der Waals surface area contributed by atoms with E-state index in [0.717, 1.165) is 12.1 Å². The molecular weight excluding hydrogens is 323 g/mol. The van der Waals surface area contributed by atoms with Crippen LogP contribution in [0.4, 0.5) is 19.0 Å². The van der Waals surface area contributed by atoms with Crippen LogP contribution in [-0.2, 0) is 6.18 Å². The van der Waals surface area contributed by atoms with Gasteiger partial charge >= 0.3 is 6.18 Å². The summed E-state index contributed by atoms with van der Waals surface area (Å²) >= 11 is 0. The Morgan fingerprint density at radius 1 is 1.25 bits per heavy atom. The molecular formula is C15H14F3N5O. The predicted molar refractivity (Wildman–Crippen MR) is 80.4 cm³/mol. The molecule has 3 aromatic rings. The van der Waals surface area contributed by atoms with E-state index in [1.807, 2.05) is 0 Å². The quantitative estimate of drug-likeness (QED) is 0.765. The first-order valence-electron chi connectivity index (χ1n) is 7.10. The summed E-state index contributed by atoms with van der Waals surface area (Å²) in [7, 11) is 0. The van der Waals surface area contributed by atoms with E-state index >= 15 is 0 Å². The van der Waals surface area contributed by atoms with Crippen LogP contribution in [0.5, 0.6) is 0 Å². The summed E-state index contributed by atoms with van der Waals surface area (Å²) in [6.07, 6.45) is -3.05. The van der Waals surface area contributed by atoms with Crippen molar-refractivity contribution in [2.24, 2.45) is 0 Å². The topological polar surface area (TPSA) is 75.3 Å². The zero-order valence-corrected chi connectivity index (χ0v) is 12.6. The molecule has 0 saturated carbocycles. The van der Waals surface area contributed by atoms with Crippen molar-refractivity contribution in [3.63, 3.8) is 0 Å². The molecule has 2 heterocycles. The largest absolute Gasteiger partial charge is 0.416 e.